The molecule has 0 aliphatic carbocycles. The normalized spacial score (nSPS) is 16.8. The molecule has 0 spiro atoms. The molecule has 4 rings (SSSR count). The van der Waals surface area contributed by atoms with E-state index in [9.17, 15) is 9.18 Å². The van der Waals surface area contributed by atoms with E-state index in [2.05, 4.69) is 9.97 Å². The first-order chi connectivity index (χ1) is 13.7. The van der Waals surface area contributed by atoms with Crippen molar-refractivity contribution in [1.82, 2.24) is 14.9 Å². The van der Waals surface area contributed by atoms with E-state index in [1.54, 1.807) is 24.5 Å². The molecule has 28 heavy (non-hydrogen) atoms. The van der Waals surface area contributed by atoms with E-state index in [0.717, 1.165) is 24.8 Å². The quantitative estimate of drug-likeness (QED) is 0.664. The molecule has 1 fully saturated rings. The Hall–Kier alpha value is -3.22. The highest BCUT2D eigenvalue weighted by Gasteiger charge is 2.30. The fourth-order valence-electron chi connectivity index (χ4n) is 3.42. The van der Waals surface area contributed by atoms with Crippen LogP contribution in [0, 0.1) is 5.82 Å². The number of carbonyl (C=O) groups is 1. The average Bonchev–Trinajstić information content (AvgIpc) is 3.21. The van der Waals surface area contributed by atoms with Gasteiger partial charge in [0.1, 0.15) is 17.8 Å². The van der Waals surface area contributed by atoms with Gasteiger partial charge in [0.15, 0.2) is 12.3 Å². The third-order valence-corrected chi connectivity index (χ3v) is 4.76. The summed E-state index contributed by atoms with van der Waals surface area (Å²) < 4.78 is 24.1. The molecule has 2 aromatic heterocycles. The van der Waals surface area contributed by atoms with Crippen molar-refractivity contribution >= 4 is 5.91 Å². The van der Waals surface area contributed by atoms with E-state index in [1.165, 1.54) is 18.4 Å². The van der Waals surface area contributed by atoms with E-state index < -0.39 is 0 Å². The zero-order chi connectivity index (χ0) is 19.3. The number of oxazole rings is 1. The van der Waals surface area contributed by atoms with Gasteiger partial charge in [0, 0.05) is 25.0 Å². The van der Waals surface area contributed by atoms with Crippen molar-refractivity contribution in [2.24, 2.45) is 0 Å². The molecule has 0 bridgehead atoms. The lowest BCUT2D eigenvalue weighted by atomic mass is 9.96. The Kier molecular flexibility index (Phi) is 5.32. The van der Waals surface area contributed by atoms with Crippen molar-refractivity contribution in [2.75, 3.05) is 6.54 Å². The number of rotatable bonds is 5. The smallest absolute Gasteiger partial charge is 0.276 e. The van der Waals surface area contributed by atoms with Crippen LogP contribution in [0.4, 0.5) is 4.39 Å². The summed E-state index contributed by atoms with van der Waals surface area (Å²) >= 11 is 0. The second-order valence-electron chi connectivity index (χ2n) is 6.67. The molecule has 0 radical (unpaired) electrons. The van der Waals surface area contributed by atoms with Crippen molar-refractivity contribution in [3.8, 4) is 5.75 Å². The Morgan fingerprint density at radius 2 is 2.21 bits per heavy atom. The lowest BCUT2D eigenvalue weighted by Crippen LogP contribution is -2.38. The van der Waals surface area contributed by atoms with Gasteiger partial charge in [0.05, 0.1) is 6.04 Å². The molecule has 6 nitrogen and oxygen atoms in total. The second kappa shape index (κ2) is 8.21. The number of likely N-dealkylation sites (tertiary alicyclic amines) is 1. The highest BCUT2D eigenvalue weighted by Crippen LogP contribution is 2.31. The summed E-state index contributed by atoms with van der Waals surface area (Å²) in [5.74, 6) is 0.0860. The number of halogens is 1. The van der Waals surface area contributed by atoms with E-state index >= 15 is 0 Å². The first-order valence-electron chi connectivity index (χ1n) is 9.24. The van der Waals surface area contributed by atoms with Gasteiger partial charge < -0.3 is 14.1 Å². The van der Waals surface area contributed by atoms with Gasteiger partial charge in [0.25, 0.3) is 5.91 Å². The predicted molar refractivity (Wildman–Crippen MR) is 99.1 cm³/mol. The van der Waals surface area contributed by atoms with Gasteiger partial charge in [-0.25, -0.2) is 9.37 Å². The molecule has 0 unspecified atom stereocenters. The van der Waals surface area contributed by atoms with E-state index in [-0.39, 0.29) is 36.0 Å². The Bertz CT molecular complexity index is 945. The molecular formula is C21H20FN3O3. The lowest BCUT2D eigenvalue weighted by molar-refractivity contribution is 0.0605. The van der Waals surface area contributed by atoms with Gasteiger partial charge in [0.2, 0.25) is 5.89 Å². The second-order valence-corrected chi connectivity index (χ2v) is 6.67. The molecule has 1 amide bonds. The Morgan fingerprint density at radius 1 is 1.29 bits per heavy atom. The maximum absolute atomic E-state index is 13.2. The Morgan fingerprint density at radius 3 is 3.04 bits per heavy atom. The van der Waals surface area contributed by atoms with Gasteiger partial charge in [-0.1, -0.05) is 12.1 Å². The summed E-state index contributed by atoms with van der Waals surface area (Å²) in [4.78, 5) is 23.3. The van der Waals surface area contributed by atoms with Crippen LogP contribution in [-0.4, -0.2) is 27.3 Å². The molecule has 7 heteroatoms. The summed E-state index contributed by atoms with van der Waals surface area (Å²) in [6.45, 7) is 0.684. The zero-order valence-electron chi connectivity index (χ0n) is 15.3. The van der Waals surface area contributed by atoms with Crippen molar-refractivity contribution in [1.29, 1.82) is 0 Å². The summed E-state index contributed by atoms with van der Waals surface area (Å²) in [5.41, 5.74) is 1.27. The number of hydrogen-bond acceptors (Lipinski definition) is 5. The predicted octanol–water partition coefficient (Wildman–Crippen LogP) is 4.16. The van der Waals surface area contributed by atoms with Crippen LogP contribution in [-0.2, 0) is 6.61 Å². The van der Waals surface area contributed by atoms with Gasteiger partial charge in [-0.15, -0.1) is 0 Å². The molecule has 0 saturated carbocycles. The van der Waals surface area contributed by atoms with E-state index in [4.69, 9.17) is 9.15 Å². The highest BCUT2D eigenvalue weighted by molar-refractivity contribution is 5.92. The minimum atomic E-state index is -0.382. The molecule has 144 valence electrons. The van der Waals surface area contributed by atoms with Crippen molar-refractivity contribution in [3.63, 3.8) is 0 Å². The van der Waals surface area contributed by atoms with Gasteiger partial charge in [-0.05, 0) is 43.0 Å². The van der Waals surface area contributed by atoms with E-state index in [1.807, 2.05) is 17.0 Å². The molecule has 3 aromatic rings. The standard InChI is InChI=1S/C21H20FN3O3/c22-16-6-3-7-17(11-16)27-14-20-24-18(13-28-20)21(26)25-10-2-1-8-19(25)15-5-4-9-23-12-15/h3-7,9,11-13,19H,1-2,8,10,14H2/t19-/m1/s1. The summed E-state index contributed by atoms with van der Waals surface area (Å²) in [5, 5.41) is 0. The maximum Gasteiger partial charge on any atom is 0.276 e. The van der Waals surface area contributed by atoms with Crippen LogP contribution < -0.4 is 4.74 Å². The largest absolute Gasteiger partial charge is 0.484 e. The van der Waals surface area contributed by atoms with Crippen molar-refractivity contribution in [3.05, 3.63) is 78.0 Å². The number of nitrogens with zero attached hydrogens (tertiary/aromatic N) is 3. The molecular weight excluding hydrogens is 361 g/mol. The number of hydrogen-bond donors (Lipinski definition) is 0. The van der Waals surface area contributed by atoms with Crippen molar-refractivity contribution in [2.45, 2.75) is 31.9 Å². The van der Waals surface area contributed by atoms with Gasteiger partial charge in [-0.2, -0.15) is 0 Å². The van der Waals surface area contributed by atoms with Crippen LogP contribution in [0.25, 0.3) is 0 Å². The first-order valence-corrected chi connectivity index (χ1v) is 9.24. The first kappa shape index (κ1) is 18.2. The number of ether oxygens (including phenoxy) is 1. The van der Waals surface area contributed by atoms with Crippen LogP contribution >= 0.6 is 0 Å². The summed E-state index contributed by atoms with van der Waals surface area (Å²) in [7, 11) is 0. The van der Waals surface area contributed by atoms with Gasteiger partial charge >= 0.3 is 0 Å². The minimum Gasteiger partial charge on any atom is -0.484 e. The molecule has 1 aliphatic heterocycles. The summed E-state index contributed by atoms with van der Waals surface area (Å²) in [6, 6.07) is 9.68. The fraction of sp³-hybridized carbons (Fsp3) is 0.286. The zero-order valence-corrected chi connectivity index (χ0v) is 15.3. The van der Waals surface area contributed by atoms with Gasteiger partial charge in [-0.3, -0.25) is 9.78 Å². The highest BCUT2D eigenvalue weighted by atomic mass is 19.1. The summed E-state index contributed by atoms with van der Waals surface area (Å²) in [6.07, 6.45) is 7.79. The number of benzene rings is 1. The van der Waals surface area contributed by atoms with Crippen molar-refractivity contribution < 1.29 is 18.3 Å². The molecule has 1 aliphatic rings. The van der Waals surface area contributed by atoms with E-state index in [0.29, 0.717) is 12.3 Å². The fourth-order valence-corrected chi connectivity index (χ4v) is 3.42. The van der Waals surface area contributed by atoms with Crippen LogP contribution in [0.15, 0.2) is 59.5 Å². The van der Waals surface area contributed by atoms with Crippen LogP contribution in [0.5, 0.6) is 5.75 Å². The Balaban J connectivity index is 1.45. The minimum absolute atomic E-state index is 0.0151. The maximum atomic E-state index is 13.2. The molecule has 1 atom stereocenters. The molecule has 0 N–H and O–H groups in total. The Labute approximate surface area is 162 Å². The number of pyridine rings is 1. The SMILES string of the molecule is O=C(c1coc(COc2cccc(F)c2)n1)N1CCCC[C@@H]1c1cccnc1. The molecule has 1 saturated heterocycles. The number of piperidine rings is 1. The third kappa shape index (κ3) is 4.03. The number of amides is 1. The average molecular weight is 381 g/mol. The van der Waals surface area contributed by atoms with Crippen LogP contribution in [0.2, 0.25) is 0 Å². The molecule has 1 aromatic carbocycles. The number of carbonyl (C=O) groups excluding carboxylic acids is 1. The topological polar surface area (TPSA) is 68.5 Å². The molecule has 3 heterocycles. The van der Waals surface area contributed by atoms with Crippen LogP contribution in [0.1, 0.15) is 47.2 Å². The lowest BCUT2D eigenvalue weighted by Gasteiger charge is -2.35. The number of aromatic nitrogens is 2. The third-order valence-electron chi connectivity index (χ3n) is 4.76. The van der Waals surface area contributed by atoms with Crippen LogP contribution in [0.3, 0.4) is 0 Å². The monoisotopic (exact) mass is 381 g/mol.